The van der Waals surface area contributed by atoms with Gasteiger partial charge in [-0.15, -0.1) is 0 Å². The first-order valence-electron chi connectivity index (χ1n) is 9.25. The largest absolute Gasteiger partial charge is 0.508 e. The fraction of sp³-hybridized carbons (Fsp3) is 0.273. The maximum absolute atomic E-state index is 12.5. The average molecular weight is 399 g/mol. The first-order valence-corrected chi connectivity index (χ1v) is 9.63. The summed E-state index contributed by atoms with van der Waals surface area (Å²) in [5.74, 6) is 0.00631. The van der Waals surface area contributed by atoms with Gasteiger partial charge in [0.2, 0.25) is 11.8 Å². The zero-order valence-electron chi connectivity index (χ0n) is 15.6. The molecule has 0 spiro atoms. The zero-order valence-corrected chi connectivity index (χ0v) is 16.4. The minimum Gasteiger partial charge on any atom is -0.508 e. The fourth-order valence-corrected chi connectivity index (χ4v) is 3.62. The van der Waals surface area contributed by atoms with Crippen molar-refractivity contribution in [1.82, 2.24) is 9.80 Å². The summed E-state index contributed by atoms with van der Waals surface area (Å²) in [6.45, 7) is 5.55. The third-order valence-corrected chi connectivity index (χ3v) is 5.29. The second-order valence-electron chi connectivity index (χ2n) is 6.74. The minimum absolute atomic E-state index is 0.0151. The molecular weight excluding hydrogens is 376 g/mol. The normalized spacial score (nSPS) is 14.0. The number of amides is 2. The van der Waals surface area contributed by atoms with Crippen LogP contribution in [0.15, 0.2) is 55.1 Å². The number of carbonyl (C=O) groups is 2. The van der Waals surface area contributed by atoms with Gasteiger partial charge in [-0.05, 0) is 35.8 Å². The van der Waals surface area contributed by atoms with E-state index < -0.39 is 0 Å². The van der Waals surface area contributed by atoms with E-state index in [1.54, 1.807) is 9.80 Å². The number of aromatic hydroxyl groups is 1. The average Bonchev–Trinajstić information content (AvgIpc) is 2.73. The molecule has 2 aromatic rings. The van der Waals surface area contributed by atoms with Crippen molar-refractivity contribution in [1.29, 1.82) is 0 Å². The monoisotopic (exact) mass is 398 g/mol. The number of hydrogen-bond acceptors (Lipinski definition) is 3. The first kappa shape index (κ1) is 20.0. The van der Waals surface area contributed by atoms with Crippen LogP contribution in [0.5, 0.6) is 5.75 Å². The Kier molecular flexibility index (Phi) is 6.37. The fourth-order valence-electron chi connectivity index (χ4n) is 3.35. The lowest BCUT2D eigenvalue weighted by molar-refractivity contribution is -0.137. The molecule has 28 heavy (non-hydrogen) atoms. The highest BCUT2D eigenvalue weighted by atomic mass is 35.5. The van der Waals surface area contributed by atoms with Crippen molar-refractivity contribution < 1.29 is 14.7 Å². The molecule has 1 fully saturated rings. The van der Waals surface area contributed by atoms with Crippen LogP contribution in [0.3, 0.4) is 0 Å². The lowest BCUT2D eigenvalue weighted by Gasteiger charge is -2.34. The standard InChI is InChI=1S/C22H23ClN2O3/c1-2-21(27)24-10-12-25(13-11-24)22(28)9-8-17-14-18(19(23)15-20(17)26)16-6-4-3-5-7-16/h2-7,14-15,26H,1,8-13H2. The number of carbonyl (C=O) groups excluding carboxylic acids is 2. The molecule has 0 saturated carbocycles. The summed E-state index contributed by atoms with van der Waals surface area (Å²) < 4.78 is 0. The third-order valence-electron chi connectivity index (χ3n) is 4.98. The molecule has 1 heterocycles. The summed E-state index contributed by atoms with van der Waals surface area (Å²) >= 11 is 6.30. The van der Waals surface area contributed by atoms with Crippen LogP contribution in [0.4, 0.5) is 0 Å². The molecule has 1 saturated heterocycles. The second-order valence-corrected chi connectivity index (χ2v) is 7.14. The van der Waals surface area contributed by atoms with Gasteiger partial charge in [0.1, 0.15) is 5.75 Å². The van der Waals surface area contributed by atoms with Crippen LogP contribution in [-0.2, 0) is 16.0 Å². The maximum atomic E-state index is 12.5. The van der Waals surface area contributed by atoms with Gasteiger partial charge in [0.05, 0.1) is 5.02 Å². The van der Waals surface area contributed by atoms with Gasteiger partial charge in [-0.1, -0.05) is 48.5 Å². The summed E-state index contributed by atoms with van der Waals surface area (Å²) in [5, 5.41) is 10.7. The Hall–Kier alpha value is -2.79. The van der Waals surface area contributed by atoms with Gasteiger partial charge in [-0.2, -0.15) is 0 Å². The Morgan fingerprint density at radius 3 is 2.36 bits per heavy atom. The molecule has 2 aromatic carbocycles. The van der Waals surface area contributed by atoms with Crippen molar-refractivity contribution in [2.75, 3.05) is 26.2 Å². The first-order chi connectivity index (χ1) is 13.5. The van der Waals surface area contributed by atoms with Gasteiger partial charge in [-0.3, -0.25) is 9.59 Å². The van der Waals surface area contributed by atoms with E-state index in [1.165, 1.54) is 12.1 Å². The highest BCUT2D eigenvalue weighted by Gasteiger charge is 2.23. The molecular formula is C22H23ClN2O3. The molecule has 5 nitrogen and oxygen atoms in total. The Labute approximate surface area is 169 Å². The predicted molar refractivity (Wildman–Crippen MR) is 110 cm³/mol. The van der Waals surface area contributed by atoms with Crippen molar-refractivity contribution >= 4 is 23.4 Å². The Morgan fingerprint density at radius 1 is 1.07 bits per heavy atom. The number of phenolic OH excluding ortho intramolecular Hbond substituents is 1. The van der Waals surface area contributed by atoms with E-state index in [9.17, 15) is 14.7 Å². The molecule has 146 valence electrons. The summed E-state index contributed by atoms with van der Waals surface area (Å²) in [7, 11) is 0. The maximum Gasteiger partial charge on any atom is 0.246 e. The number of piperazine rings is 1. The number of rotatable bonds is 5. The van der Waals surface area contributed by atoms with Crippen LogP contribution in [0.1, 0.15) is 12.0 Å². The molecule has 0 radical (unpaired) electrons. The summed E-state index contributed by atoms with van der Waals surface area (Å²) in [6, 6.07) is 13.1. The van der Waals surface area contributed by atoms with E-state index in [-0.39, 0.29) is 17.6 Å². The van der Waals surface area contributed by atoms with Crippen LogP contribution < -0.4 is 0 Å². The molecule has 0 atom stereocenters. The van der Waals surface area contributed by atoms with Gasteiger partial charge in [-0.25, -0.2) is 0 Å². The summed E-state index contributed by atoms with van der Waals surface area (Å²) in [5.41, 5.74) is 2.49. The third kappa shape index (κ3) is 4.54. The van der Waals surface area contributed by atoms with Crippen LogP contribution in [0.2, 0.25) is 5.02 Å². The molecule has 6 heteroatoms. The van der Waals surface area contributed by atoms with Gasteiger partial charge in [0.25, 0.3) is 0 Å². The van der Waals surface area contributed by atoms with E-state index in [1.807, 2.05) is 36.4 Å². The van der Waals surface area contributed by atoms with E-state index in [0.29, 0.717) is 49.6 Å². The minimum atomic E-state index is -0.105. The van der Waals surface area contributed by atoms with Crippen molar-refractivity contribution in [3.8, 4) is 16.9 Å². The molecule has 1 N–H and O–H groups in total. The number of benzene rings is 2. The molecule has 0 bridgehead atoms. The van der Waals surface area contributed by atoms with Crippen molar-refractivity contribution in [2.45, 2.75) is 12.8 Å². The van der Waals surface area contributed by atoms with E-state index in [4.69, 9.17) is 11.6 Å². The number of halogens is 1. The Balaban J connectivity index is 1.64. The second kappa shape index (κ2) is 8.93. The van der Waals surface area contributed by atoms with Crippen molar-refractivity contribution in [2.24, 2.45) is 0 Å². The predicted octanol–water partition coefficient (Wildman–Crippen LogP) is 3.50. The quantitative estimate of drug-likeness (QED) is 0.784. The molecule has 2 amide bonds. The number of hydrogen-bond donors (Lipinski definition) is 1. The van der Waals surface area contributed by atoms with Crippen molar-refractivity contribution in [3.63, 3.8) is 0 Å². The van der Waals surface area contributed by atoms with E-state index >= 15 is 0 Å². The van der Waals surface area contributed by atoms with E-state index in [0.717, 1.165) is 11.1 Å². The number of aryl methyl sites for hydroxylation is 1. The highest BCUT2D eigenvalue weighted by molar-refractivity contribution is 6.33. The van der Waals surface area contributed by atoms with Crippen LogP contribution in [-0.4, -0.2) is 52.9 Å². The molecule has 0 aromatic heterocycles. The lowest BCUT2D eigenvalue weighted by atomic mass is 9.99. The molecule has 1 aliphatic rings. The summed E-state index contributed by atoms with van der Waals surface area (Å²) in [6.07, 6.45) is 2.01. The zero-order chi connectivity index (χ0) is 20.1. The van der Waals surface area contributed by atoms with E-state index in [2.05, 4.69) is 6.58 Å². The van der Waals surface area contributed by atoms with Crippen LogP contribution >= 0.6 is 11.6 Å². The van der Waals surface area contributed by atoms with Crippen LogP contribution in [0.25, 0.3) is 11.1 Å². The lowest BCUT2D eigenvalue weighted by Crippen LogP contribution is -2.50. The molecule has 3 rings (SSSR count). The molecule has 1 aliphatic heterocycles. The SMILES string of the molecule is C=CC(=O)N1CCN(C(=O)CCc2cc(-c3ccccc3)c(Cl)cc2O)CC1. The number of nitrogens with zero attached hydrogens (tertiary/aromatic N) is 2. The van der Waals surface area contributed by atoms with Gasteiger partial charge in [0.15, 0.2) is 0 Å². The van der Waals surface area contributed by atoms with Gasteiger partial charge < -0.3 is 14.9 Å². The van der Waals surface area contributed by atoms with Crippen molar-refractivity contribution in [3.05, 3.63) is 65.7 Å². The van der Waals surface area contributed by atoms with Gasteiger partial charge in [0, 0.05) is 38.2 Å². The Morgan fingerprint density at radius 2 is 1.71 bits per heavy atom. The topological polar surface area (TPSA) is 60.9 Å². The molecule has 0 unspecified atom stereocenters. The highest BCUT2D eigenvalue weighted by Crippen LogP contribution is 2.34. The Bertz CT molecular complexity index is 875. The molecule has 0 aliphatic carbocycles. The number of phenols is 1. The van der Waals surface area contributed by atoms with Gasteiger partial charge >= 0.3 is 0 Å². The summed E-state index contributed by atoms with van der Waals surface area (Å²) in [4.78, 5) is 27.6. The smallest absolute Gasteiger partial charge is 0.246 e. The van der Waals surface area contributed by atoms with Crippen LogP contribution in [0, 0.1) is 0 Å².